The molecule has 2 aliphatic rings. The van der Waals surface area contributed by atoms with E-state index in [1.54, 1.807) is 34.8 Å². The molecule has 2 heterocycles. The van der Waals surface area contributed by atoms with E-state index in [4.69, 9.17) is 0 Å². The Kier molecular flexibility index (Phi) is 5.74. The van der Waals surface area contributed by atoms with Crippen LogP contribution in [0.25, 0.3) is 0 Å². The fraction of sp³-hybridized carbons (Fsp3) is 0.524. The van der Waals surface area contributed by atoms with E-state index in [1.807, 2.05) is 11.6 Å². The third kappa shape index (κ3) is 4.70. The molecule has 1 aromatic carbocycles. The van der Waals surface area contributed by atoms with Crippen LogP contribution in [-0.2, 0) is 27.8 Å². The monoisotopic (exact) mass is 416 g/mol. The second-order valence-corrected chi connectivity index (χ2v) is 10.0. The number of carbonyl (C=O) groups is 1. The maximum atomic E-state index is 12.6. The van der Waals surface area contributed by atoms with Crippen LogP contribution in [0.15, 0.2) is 35.4 Å². The quantitative estimate of drug-likeness (QED) is 0.717. The zero-order chi connectivity index (χ0) is 20.4. The van der Waals surface area contributed by atoms with Gasteiger partial charge in [0.05, 0.1) is 11.1 Å². The maximum absolute atomic E-state index is 12.6. The van der Waals surface area contributed by atoms with Crippen LogP contribution in [-0.4, -0.2) is 41.5 Å². The van der Waals surface area contributed by atoms with Crippen molar-refractivity contribution in [3.05, 3.63) is 41.6 Å². The van der Waals surface area contributed by atoms with Crippen molar-refractivity contribution in [2.45, 2.75) is 56.9 Å². The van der Waals surface area contributed by atoms with Crippen molar-refractivity contribution in [2.75, 3.05) is 18.4 Å². The molecule has 156 valence electrons. The van der Waals surface area contributed by atoms with Crippen LogP contribution >= 0.6 is 0 Å². The van der Waals surface area contributed by atoms with Crippen LogP contribution in [0.5, 0.6) is 0 Å². The zero-order valence-corrected chi connectivity index (χ0v) is 17.6. The van der Waals surface area contributed by atoms with E-state index < -0.39 is 10.0 Å². The average Bonchev–Trinajstić information content (AvgIpc) is 3.21. The Bertz CT molecular complexity index is 972. The van der Waals surface area contributed by atoms with Gasteiger partial charge in [0.15, 0.2) is 0 Å². The van der Waals surface area contributed by atoms with Gasteiger partial charge in [-0.3, -0.25) is 4.79 Å². The van der Waals surface area contributed by atoms with E-state index in [-0.39, 0.29) is 5.91 Å². The fourth-order valence-corrected chi connectivity index (χ4v) is 5.20. The molecule has 1 saturated carbocycles. The van der Waals surface area contributed by atoms with Gasteiger partial charge in [-0.25, -0.2) is 13.1 Å². The second kappa shape index (κ2) is 8.28. The lowest BCUT2D eigenvalue weighted by Gasteiger charge is -2.15. The number of hydrogen-bond acceptors (Lipinski definition) is 4. The number of sulfonamides is 1. The molecule has 1 aromatic heterocycles. The number of aromatic nitrogens is 2. The Hall–Kier alpha value is -2.19. The standard InChI is InChI=1S/C21H28N4O3S/c1-16-14-22-25(15-18-4-5-18)21(16)23-20(26)11-8-17-6-9-19(10-7-17)29(27,28)24-12-2-3-13-24/h6-7,9-10,14,18H,2-5,8,11-13,15H2,1H3,(H,23,26). The summed E-state index contributed by atoms with van der Waals surface area (Å²) in [6.45, 7) is 4.00. The molecule has 1 amide bonds. The molecule has 0 unspecified atom stereocenters. The summed E-state index contributed by atoms with van der Waals surface area (Å²) in [6.07, 6.45) is 7.00. The largest absolute Gasteiger partial charge is 0.311 e. The average molecular weight is 417 g/mol. The molecule has 0 bridgehead atoms. The molecular formula is C21H28N4O3S. The number of nitrogens with zero attached hydrogens (tertiary/aromatic N) is 3. The van der Waals surface area contributed by atoms with Gasteiger partial charge in [0, 0.05) is 31.6 Å². The van der Waals surface area contributed by atoms with Crippen molar-refractivity contribution in [2.24, 2.45) is 5.92 Å². The predicted octanol–water partition coefficient (Wildman–Crippen LogP) is 2.96. The summed E-state index contributed by atoms with van der Waals surface area (Å²) in [6, 6.07) is 6.91. The van der Waals surface area contributed by atoms with Crippen molar-refractivity contribution in [1.82, 2.24) is 14.1 Å². The van der Waals surface area contributed by atoms with E-state index in [0.717, 1.165) is 36.3 Å². The van der Waals surface area contributed by atoms with Gasteiger partial charge in [0.2, 0.25) is 15.9 Å². The molecule has 1 N–H and O–H groups in total. The maximum Gasteiger partial charge on any atom is 0.243 e. The van der Waals surface area contributed by atoms with Crippen LogP contribution in [0.2, 0.25) is 0 Å². The van der Waals surface area contributed by atoms with Gasteiger partial charge in [-0.1, -0.05) is 12.1 Å². The van der Waals surface area contributed by atoms with Crippen LogP contribution in [0.1, 0.15) is 43.2 Å². The van der Waals surface area contributed by atoms with Crippen LogP contribution in [0, 0.1) is 12.8 Å². The Morgan fingerprint density at radius 3 is 2.52 bits per heavy atom. The lowest BCUT2D eigenvalue weighted by atomic mass is 10.1. The van der Waals surface area contributed by atoms with Gasteiger partial charge in [0.25, 0.3) is 0 Å². The SMILES string of the molecule is Cc1cnn(CC2CC2)c1NC(=O)CCc1ccc(S(=O)(=O)N2CCCC2)cc1. The molecule has 0 atom stereocenters. The zero-order valence-electron chi connectivity index (χ0n) is 16.8. The van der Waals surface area contributed by atoms with E-state index >= 15 is 0 Å². The second-order valence-electron chi connectivity index (χ2n) is 8.10. The fourth-order valence-electron chi connectivity index (χ4n) is 3.68. The minimum absolute atomic E-state index is 0.0561. The Morgan fingerprint density at radius 2 is 1.86 bits per heavy atom. The Balaban J connectivity index is 1.33. The highest BCUT2D eigenvalue weighted by Gasteiger charge is 2.27. The summed E-state index contributed by atoms with van der Waals surface area (Å²) in [5.41, 5.74) is 1.92. The number of aryl methyl sites for hydroxylation is 2. The van der Waals surface area contributed by atoms with Crippen LogP contribution in [0.3, 0.4) is 0 Å². The number of anilines is 1. The minimum atomic E-state index is -3.39. The molecule has 2 aromatic rings. The molecule has 1 aliphatic carbocycles. The van der Waals surface area contributed by atoms with Gasteiger partial charge in [-0.15, -0.1) is 0 Å². The first-order chi connectivity index (χ1) is 13.9. The Labute approximate surface area is 172 Å². The lowest BCUT2D eigenvalue weighted by molar-refractivity contribution is -0.116. The van der Waals surface area contributed by atoms with E-state index in [2.05, 4.69) is 10.4 Å². The molecule has 8 heteroatoms. The van der Waals surface area contributed by atoms with Gasteiger partial charge in [-0.2, -0.15) is 9.40 Å². The molecule has 2 fully saturated rings. The van der Waals surface area contributed by atoms with Crippen molar-refractivity contribution in [3.63, 3.8) is 0 Å². The number of carbonyl (C=O) groups excluding carboxylic acids is 1. The number of rotatable bonds is 8. The number of amides is 1. The number of nitrogens with one attached hydrogen (secondary N) is 1. The highest BCUT2D eigenvalue weighted by atomic mass is 32.2. The van der Waals surface area contributed by atoms with Crippen LogP contribution in [0.4, 0.5) is 5.82 Å². The van der Waals surface area contributed by atoms with Gasteiger partial charge >= 0.3 is 0 Å². The third-order valence-corrected chi connectivity index (χ3v) is 7.59. The molecule has 1 saturated heterocycles. The Morgan fingerprint density at radius 1 is 1.17 bits per heavy atom. The molecule has 1 aliphatic heterocycles. The summed E-state index contributed by atoms with van der Waals surface area (Å²) < 4.78 is 28.6. The van der Waals surface area contributed by atoms with Gasteiger partial charge < -0.3 is 5.32 Å². The summed E-state index contributed by atoms with van der Waals surface area (Å²) >= 11 is 0. The van der Waals surface area contributed by atoms with Gasteiger partial charge in [-0.05, 0) is 62.6 Å². The minimum Gasteiger partial charge on any atom is -0.311 e. The highest BCUT2D eigenvalue weighted by molar-refractivity contribution is 7.89. The van der Waals surface area contributed by atoms with Crippen molar-refractivity contribution in [1.29, 1.82) is 0 Å². The van der Waals surface area contributed by atoms with Crippen molar-refractivity contribution in [3.8, 4) is 0 Å². The summed E-state index contributed by atoms with van der Waals surface area (Å²) in [4.78, 5) is 12.8. The first-order valence-electron chi connectivity index (χ1n) is 10.3. The number of hydrogen-bond donors (Lipinski definition) is 1. The number of benzene rings is 1. The molecule has 0 radical (unpaired) electrons. The van der Waals surface area contributed by atoms with Crippen LogP contribution < -0.4 is 5.32 Å². The molecule has 29 heavy (non-hydrogen) atoms. The van der Waals surface area contributed by atoms with Crippen molar-refractivity contribution < 1.29 is 13.2 Å². The first kappa shape index (κ1) is 20.1. The van der Waals surface area contributed by atoms with E-state index in [1.165, 1.54) is 12.8 Å². The third-order valence-electron chi connectivity index (χ3n) is 5.68. The van der Waals surface area contributed by atoms with E-state index in [0.29, 0.717) is 36.7 Å². The molecule has 0 spiro atoms. The first-order valence-corrected chi connectivity index (χ1v) is 11.8. The molecule has 7 nitrogen and oxygen atoms in total. The topological polar surface area (TPSA) is 84.3 Å². The summed E-state index contributed by atoms with van der Waals surface area (Å²) in [5, 5.41) is 7.37. The predicted molar refractivity (Wildman–Crippen MR) is 111 cm³/mol. The summed E-state index contributed by atoms with van der Waals surface area (Å²) in [5.74, 6) is 1.41. The smallest absolute Gasteiger partial charge is 0.243 e. The lowest BCUT2D eigenvalue weighted by Crippen LogP contribution is -2.27. The molecule has 4 rings (SSSR count). The summed E-state index contributed by atoms with van der Waals surface area (Å²) in [7, 11) is -3.39. The van der Waals surface area contributed by atoms with E-state index in [9.17, 15) is 13.2 Å². The molecular weight excluding hydrogens is 388 g/mol. The highest BCUT2D eigenvalue weighted by Crippen LogP contribution is 2.32. The van der Waals surface area contributed by atoms with Crippen molar-refractivity contribution >= 4 is 21.7 Å². The van der Waals surface area contributed by atoms with Gasteiger partial charge in [0.1, 0.15) is 5.82 Å². The normalized spacial score (nSPS) is 17.6.